The van der Waals surface area contributed by atoms with Crippen LogP contribution in [-0.2, 0) is 16.1 Å². The van der Waals surface area contributed by atoms with Gasteiger partial charge in [0, 0.05) is 0 Å². The Balaban J connectivity index is 1.72. The Bertz CT molecular complexity index is 995. The van der Waals surface area contributed by atoms with Crippen LogP contribution in [0.5, 0.6) is 0 Å². The fourth-order valence-corrected chi connectivity index (χ4v) is 3.87. The Kier molecular flexibility index (Phi) is 6.01. The highest BCUT2D eigenvalue weighted by Gasteiger charge is 2.62. The number of rotatable bonds is 5. The zero-order chi connectivity index (χ0) is 22.3. The molecule has 0 aliphatic heterocycles. The maximum Gasteiger partial charge on any atom is 0.426 e. The minimum Gasteiger partial charge on any atom is -0.461 e. The van der Waals surface area contributed by atoms with Gasteiger partial charge in [-0.05, 0) is 52.6 Å². The SMILES string of the molecule is Cc1c(COC(=O)C2C(C=C(Cl)C(F)(F)F)C2(C)C)cccc1-c1cccc(F)c1. The van der Waals surface area contributed by atoms with Gasteiger partial charge in [0.25, 0.3) is 0 Å². The quantitative estimate of drug-likeness (QED) is 0.377. The van der Waals surface area contributed by atoms with Crippen molar-refractivity contribution in [1.82, 2.24) is 0 Å². The van der Waals surface area contributed by atoms with Crippen molar-refractivity contribution in [3.8, 4) is 11.1 Å². The van der Waals surface area contributed by atoms with Crippen molar-refractivity contribution in [3.63, 3.8) is 0 Å². The zero-order valence-electron chi connectivity index (χ0n) is 16.7. The fraction of sp³-hybridized carbons (Fsp3) is 0.348. The number of ether oxygens (including phenoxy) is 1. The maximum atomic E-state index is 13.6. The lowest BCUT2D eigenvalue weighted by Crippen LogP contribution is -2.11. The summed E-state index contributed by atoms with van der Waals surface area (Å²) in [5.74, 6) is -2.25. The molecule has 1 saturated carbocycles. The van der Waals surface area contributed by atoms with Crippen LogP contribution in [-0.4, -0.2) is 12.1 Å². The molecule has 0 radical (unpaired) electrons. The molecule has 0 bridgehead atoms. The van der Waals surface area contributed by atoms with Crippen molar-refractivity contribution in [2.24, 2.45) is 17.3 Å². The normalized spacial score (nSPS) is 20.7. The van der Waals surface area contributed by atoms with E-state index in [0.717, 1.165) is 22.8 Å². The molecule has 0 spiro atoms. The van der Waals surface area contributed by atoms with Crippen molar-refractivity contribution in [2.45, 2.75) is 33.6 Å². The molecule has 2 unspecified atom stereocenters. The van der Waals surface area contributed by atoms with Gasteiger partial charge < -0.3 is 4.74 Å². The van der Waals surface area contributed by atoms with E-state index < -0.39 is 34.4 Å². The maximum absolute atomic E-state index is 13.6. The smallest absolute Gasteiger partial charge is 0.426 e. The Morgan fingerprint density at radius 1 is 1.20 bits per heavy atom. The molecule has 0 aromatic heterocycles. The van der Waals surface area contributed by atoms with Crippen LogP contribution in [0.3, 0.4) is 0 Å². The van der Waals surface area contributed by atoms with E-state index in [1.165, 1.54) is 12.1 Å². The molecule has 30 heavy (non-hydrogen) atoms. The van der Waals surface area contributed by atoms with Gasteiger partial charge in [-0.1, -0.05) is 61.9 Å². The summed E-state index contributed by atoms with van der Waals surface area (Å²) in [5, 5.41) is -1.23. The molecule has 1 fully saturated rings. The third-order valence-corrected chi connectivity index (χ3v) is 6.05. The second kappa shape index (κ2) is 8.06. The van der Waals surface area contributed by atoms with Crippen molar-refractivity contribution >= 4 is 17.6 Å². The molecule has 0 heterocycles. The van der Waals surface area contributed by atoms with E-state index in [1.807, 2.05) is 13.0 Å². The van der Waals surface area contributed by atoms with Gasteiger partial charge >= 0.3 is 12.1 Å². The lowest BCUT2D eigenvalue weighted by atomic mass is 9.97. The van der Waals surface area contributed by atoms with Crippen LogP contribution >= 0.6 is 11.6 Å². The second-order valence-corrected chi connectivity index (χ2v) is 8.45. The van der Waals surface area contributed by atoms with Crippen LogP contribution in [0.2, 0.25) is 0 Å². The molecule has 2 nitrogen and oxygen atoms in total. The number of carbonyl (C=O) groups excluding carboxylic acids is 1. The Morgan fingerprint density at radius 2 is 1.87 bits per heavy atom. The predicted octanol–water partition coefficient (Wildman–Crippen LogP) is 6.80. The molecule has 7 heteroatoms. The Morgan fingerprint density at radius 3 is 2.50 bits per heavy atom. The zero-order valence-corrected chi connectivity index (χ0v) is 17.4. The van der Waals surface area contributed by atoms with Gasteiger partial charge in [0.1, 0.15) is 17.5 Å². The lowest BCUT2D eigenvalue weighted by molar-refractivity contribution is -0.147. The van der Waals surface area contributed by atoms with E-state index in [1.54, 1.807) is 38.1 Å². The van der Waals surface area contributed by atoms with Crippen LogP contribution in [0.4, 0.5) is 17.6 Å². The summed E-state index contributed by atoms with van der Waals surface area (Å²) in [4.78, 5) is 12.5. The number of esters is 1. The first-order chi connectivity index (χ1) is 13.9. The highest BCUT2D eigenvalue weighted by molar-refractivity contribution is 6.30. The van der Waals surface area contributed by atoms with E-state index in [0.29, 0.717) is 5.56 Å². The number of allylic oxidation sites excluding steroid dienone is 2. The molecule has 0 N–H and O–H groups in total. The van der Waals surface area contributed by atoms with E-state index in [2.05, 4.69) is 0 Å². The molecular weight excluding hydrogens is 420 g/mol. The van der Waals surface area contributed by atoms with E-state index in [9.17, 15) is 22.4 Å². The van der Waals surface area contributed by atoms with Crippen molar-refractivity contribution in [2.75, 3.05) is 0 Å². The summed E-state index contributed by atoms with van der Waals surface area (Å²) in [6.45, 7) is 5.23. The highest BCUT2D eigenvalue weighted by atomic mass is 35.5. The Hall–Kier alpha value is -2.34. The first kappa shape index (κ1) is 22.3. The number of carbonyl (C=O) groups is 1. The van der Waals surface area contributed by atoms with Crippen LogP contribution in [0.25, 0.3) is 11.1 Å². The number of benzene rings is 2. The minimum atomic E-state index is -4.64. The minimum absolute atomic E-state index is 0.0240. The average molecular weight is 441 g/mol. The summed E-state index contributed by atoms with van der Waals surface area (Å²) in [7, 11) is 0. The summed E-state index contributed by atoms with van der Waals surface area (Å²) in [6.07, 6.45) is -3.74. The van der Waals surface area contributed by atoms with Gasteiger partial charge in [-0.2, -0.15) is 13.2 Å². The number of hydrogen-bond acceptors (Lipinski definition) is 2. The van der Waals surface area contributed by atoms with Gasteiger partial charge in [0.05, 0.1) is 5.92 Å². The number of hydrogen-bond donors (Lipinski definition) is 0. The van der Waals surface area contributed by atoms with Crippen molar-refractivity contribution < 1.29 is 27.1 Å². The van der Waals surface area contributed by atoms with Crippen molar-refractivity contribution in [3.05, 3.63) is 70.5 Å². The fourth-order valence-electron chi connectivity index (χ4n) is 3.74. The summed E-state index contributed by atoms with van der Waals surface area (Å²) in [6, 6.07) is 11.6. The number of halogens is 5. The van der Waals surface area contributed by atoms with E-state index in [-0.39, 0.29) is 12.4 Å². The van der Waals surface area contributed by atoms with Gasteiger partial charge in [-0.15, -0.1) is 0 Å². The predicted molar refractivity (Wildman–Crippen MR) is 107 cm³/mol. The van der Waals surface area contributed by atoms with Gasteiger partial charge in [-0.25, -0.2) is 4.39 Å². The van der Waals surface area contributed by atoms with Crippen LogP contribution in [0.15, 0.2) is 53.6 Å². The van der Waals surface area contributed by atoms with Crippen LogP contribution < -0.4 is 0 Å². The first-order valence-corrected chi connectivity index (χ1v) is 9.76. The standard InChI is InChI=1S/C23H21ClF4O2/c1-13-15(7-5-9-17(13)14-6-4-8-16(25)10-14)12-30-21(29)20-18(22(20,2)3)11-19(24)23(26,27)28/h4-11,18,20H,12H2,1-3H3. The number of alkyl halides is 3. The monoisotopic (exact) mass is 440 g/mol. The molecule has 1 aliphatic rings. The second-order valence-electron chi connectivity index (χ2n) is 8.04. The van der Waals surface area contributed by atoms with E-state index >= 15 is 0 Å². The summed E-state index contributed by atoms with van der Waals surface area (Å²) >= 11 is 5.33. The molecule has 2 aromatic carbocycles. The molecule has 3 rings (SSSR count). The van der Waals surface area contributed by atoms with Crippen molar-refractivity contribution in [1.29, 1.82) is 0 Å². The highest BCUT2D eigenvalue weighted by Crippen LogP contribution is 2.60. The van der Waals surface area contributed by atoms with Crippen LogP contribution in [0.1, 0.15) is 25.0 Å². The third-order valence-electron chi connectivity index (χ3n) is 5.71. The largest absolute Gasteiger partial charge is 0.461 e. The summed E-state index contributed by atoms with van der Waals surface area (Å²) < 4.78 is 57.1. The van der Waals surface area contributed by atoms with Gasteiger partial charge in [0.2, 0.25) is 0 Å². The Labute approximate surface area is 177 Å². The van der Waals surface area contributed by atoms with Crippen LogP contribution in [0, 0.1) is 30.0 Å². The lowest BCUT2D eigenvalue weighted by Gasteiger charge is -2.12. The molecule has 0 amide bonds. The average Bonchev–Trinajstić information content (AvgIpc) is 3.20. The van der Waals surface area contributed by atoms with Gasteiger partial charge in [0.15, 0.2) is 0 Å². The molecular formula is C23H21ClF4O2. The third kappa shape index (κ3) is 4.53. The molecule has 2 aromatic rings. The topological polar surface area (TPSA) is 26.3 Å². The molecule has 2 atom stereocenters. The summed E-state index contributed by atoms with van der Waals surface area (Å²) in [5.41, 5.74) is 2.43. The molecule has 1 aliphatic carbocycles. The molecule has 0 saturated heterocycles. The van der Waals surface area contributed by atoms with E-state index in [4.69, 9.17) is 16.3 Å². The van der Waals surface area contributed by atoms with Gasteiger partial charge in [-0.3, -0.25) is 4.79 Å². The first-order valence-electron chi connectivity index (χ1n) is 9.38. The molecule has 160 valence electrons.